The minimum atomic E-state index is 1.17. The van der Waals surface area contributed by atoms with E-state index in [1.54, 1.807) is 0 Å². The maximum absolute atomic E-state index is 2.57. The lowest BCUT2D eigenvalue weighted by Gasteiger charge is -2.09. The van der Waals surface area contributed by atoms with Gasteiger partial charge in [-0.25, -0.2) is 0 Å². The number of nitrogens with zero attached hydrogens (tertiary/aromatic N) is 4. The molecule has 0 saturated carbocycles. The Balaban J connectivity index is 1.25. The van der Waals surface area contributed by atoms with E-state index in [4.69, 9.17) is 0 Å². The highest BCUT2D eigenvalue weighted by atomic mass is 15.0. The molecule has 0 N–H and O–H groups in total. The predicted octanol–water partition coefficient (Wildman–Crippen LogP) is 14.2. The van der Waals surface area contributed by atoms with Gasteiger partial charge in [0.2, 0.25) is 0 Å². The second kappa shape index (κ2) is 10.1. The van der Waals surface area contributed by atoms with Crippen molar-refractivity contribution in [1.29, 1.82) is 0 Å². The number of aromatic nitrogens is 4. The van der Waals surface area contributed by atoms with Crippen LogP contribution in [0.25, 0.3) is 131 Å². The fourth-order valence-corrected chi connectivity index (χ4v) is 11.2. The van der Waals surface area contributed by atoms with Gasteiger partial charge in [0.15, 0.2) is 0 Å². The molecule has 0 amide bonds. The lowest BCUT2D eigenvalue weighted by molar-refractivity contribution is 1.19. The molecular formula is C54H30N4. The van der Waals surface area contributed by atoms with E-state index in [1.165, 1.54) is 131 Å². The lowest BCUT2D eigenvalue weighted by atomic mass is 10.0. The van der Waals surface area contributed by atoms with Gasteiger partial charge in [-0.3, -0.25) is 0 Å². The molecule has 0 bridgehead atoms. The summed E-state index contributed by atoms with van der Waals surface area (Å²) in [5.41, 5.74) is 14.8. The summed E-state index contributed by atoms with van der Waals surface area (Å²) in [6.45, 7) is 0. The van der Waals surface area contributed by atoms with Crippen LogP contribution >= 0.6 is 0 Å². The summed E-state index contributed by atoms with van der Waals surface area (Å²) < 4.78 is 10.1. The molecule has 4 nitrogen and oxygen atoms in total. The first-order valence-corrected chi connectivity index (χ1v) is 20.1. The fraction of sp³-hybridized carbons (Fsp3) is 0. The molecule has 58 heavy (non-hydrogen) atoms. The van der Waals surface area contributed by atoms with Crippen molar-refractivity contribution in [3.8, 4) is 11.4 Å². The molecule has 0 saturated heterocycles. The van der Waals surface area contributed by atoms with Crippen LogP contribution in [0, 0.1) is 0 Å². The van der Waals surface area contributed by atoms with E-state index >= 15 is 0 Å². The molecule has 6 aromatic heterocycles. The molecule has 0 aliphatic carbocycles. The summed E-state index contributed by atoms with van der Waals surface area (Å²) in [4.78, 5) is 0. The molecule has 0 spiro atoms. The Bertz CT molecular complexity index is 3960. The minimum absolute atomic E-state index is 1.17. The van der Waals surface area contributed by atoms with Gasteiger partial charge < -0.3 is 17.9 Å². The maximum atomic E-state index is 2.57. The number of fused-ring (bicyclic) bond motifs is 20. The van der Waals surface area contributed by atoms with Crippen molar-refractivity contribution in [3.63, 3.8) is 0 Å². The summed E-state index contributed by atoms with van der Waals surface area (Å²) in [6, 6.07) is 67.6. The lowest BCUT2D eigenvalue weighted by Crippen LogP contribution is -1.93. The van der Waals surface area contributed by atoms with E-state index < -0.39 is 0 Å². The highest BCUT2D eigenvalue weighted by molar-refractivity contribution is 6.38. The molecule has 15 aromatic rings. The summed E-state index contributed by atoms with van der Waals surface area (Å²) >= 11 is 0. The molecule has 0 radical (unpaired) electrons. The molecule has 0 atom stereocenters. The van der Waals surface area contributed by atoms with E-state index in [2.05, 4.69) is 200 Å². The molecule has 15 rings (SSSR count). The van der Waals surface area contributed by atoms with E-state index in [0.717, 1.165) is 0 Å². The SMILES string of the molecule is c1ccc(-n2c3ccccc3c3cc4c5ccccc5n5c6cc7c8c9c(cc%10c%11ccccc%11n(c7cc6c(c32)c45)c%108)c2ccccc2n9-c2ccccc2)cc1. The van der Waals surface area contributed by atoms with Crippen molar-refractivity contribution in [2.24, 2.45) is 0 Å². The Morgan fingerprint density at radius 2 is 0.552 bits per heavy atom. The monoisotopic (exact) mass is 734 g/mol. The summed E-state index contributed by atoms with van der Waals surface area (Å²) in [5.74, 6) is 0. The van der Waals surface area contributed by atoms with Crippen molar-refractivity contribution in [3.05, 3.63) is 182 Å². The minimum Gasteiger partial charge on any atom is -0.309 e. The van der Waals surface area contributed by atoms with Crippen LogP contribution in [0.4, 0.5) is 0 Å². The van der Waals surface area contributed by atoms with Gasteiger partial charge in [0.25, 0.3) is 0 Å². The van der Waals surface area contributed by atoms with Crippen molar-refractivity contribution in [2.75, 3.05) is 0 Å². The zero-order chi connectivity index (χ0) is 37.4. The highest BCUT2D eigenvalue weighted by Gasteiger charge is 2.28. The smallest absolute Gasteiger partial charge is 0.0642 e. The van der Waals surface area contributed by atoms with Crippen molar-refractivity contribution < 1.29 is 0 Å². The van der Waals surface area contributed by atoms with Gasteiger partial charge in [0.1, 0.15) is 0 Å². The topological polar surface area (TPSA) is 18.7 Å². The average molecular weight is 735 g/mol. The Labute approximate surface area is 329 Å². The molecule has 0 aliphatic rings. The van der Waals surface area contributed by atoms with Crippen LogP contribution in [0.3, 0.4) is 0 Å². The third-order valence-corrected chi connectivity index (χ3v) is 13.3. The molecule has 266 valence electrons. The van der Waals surface area contributed by atoms with E-state index in [1.807, 2.05) is 0 Å². The Kier molecular flexibility index (Phi) is 5.14. The number of rotatable bonds is 2. The second-order valence-electron chi connectivity index (χ2n) is 16.1. The molecule has 0 aliphatic heterocycles. The third-order valence-electron chi connectivity index (χ3n) is 13.3. The largest absolute Gasteiger partial charge is 0.309 e. The second-order valence-corrected chi connectivity index (χ2v) is 16.1. The van der Waals surface area contributed by atoms with Crippen LogP contribution in [-0.2, 0) is 0 Å². The van der Waals surface area contributed by atoms with E-state index in [9.17, 15) is 0 Å². The number of hydrogen-bond donors (Lipinski definition) is 0. The highest BCUT2D eigenvalue weighted by Crippen LogP contribution is 2.51. The molecule has 4 heteroatoms. The van der Waals surface area contributed by atoms with E-state index in [0.29, 0.717) is 0 Å². The van der Waals surface area contributed by atoms with E-state index in [-0.39, 0.29) is 0 Å². The third kappa shape index (κ3) is 3.30. The summed E-state index contributed by atoms with van der Waals surface area (Å²) in [7, 11) is 0. The number of para-hydroxylation sites is 6. The van der Waals surface area contributed by atoms with Crippen LogP contribution < -0.4 is 0 Å². The first-order chi connectivity index (χ1) is 28.8. The summed E-state index contributed by atoms with van der Waals surface area (Å²) in [6.07, 6.45) is 0. The zero-order valence-electron chi connectivity index (χ0n) is 31.1. The molecule has 6 heterocycles. The standard InChI is InChI=1S/C54H30N4/c1-3-15-31(16-4-1)55-43-23-11-7-19-33(43)37-27-39-35-21-9-13-25-45(35)57-47-30-42-48(29-41(47)49(51(37)55)53(39)57)58-46-26-14-10-22-36(46)40-28-38-34-20-8-12-24-44(34)56(32-17-5-2-6-18-32)52(38)50(42)54(40)58/h1-30H. The van der Waals surface area contributed by atoms with Crippen LogP contribution in [0.15, 0.2) is 182 Å². The Morgan fingerprint density at radius 3 is 0.966 bits per heavy atom. The first kappa shape index (κ1) is 29.5. The van der Waals surface area contributed by atoms with Gasteiger partial charge >= 0.3 is 0 Å². The van der Waals surface area contributed by atoms with Gasteiger partial charge in [-0.05, 0) is 72.8 Å². The molecule has 0 fully saturated rings. The van der Waals surface area contributed by atoms with Crippen LogP contribution in [0.2, 0.25) is 0 Å². The maximum Gasteiger partial charge on any atom is 0.0642 e. The normalized spacial score (nSPS) is 12.8. The average Bonchev–Trinajstić information content (AvgIpc) is 4.11. The quantitative estimate of drug-likeness (QED) is 0.168. The molecule has 0 unspecified atom stereocenters. The zero-order valence-corrected chi connectivity index (χ0v) is 31.1. The van der Waals surface area contributed by atoms with Crippen LogP contribution in [0.5, 0.6) is 0 Å². The summed E-state index contributed by atoms with van der Waals surface area (Å²) in [5, 5.41) is 15.4. The van der Waals surface area contributed by atoms with Crippen molar-refractivity contribution in [2.45, 2.75) is 0 Å². The van der Waals surface area contributed by atoms with Gasteiger partial charge in [0.05, 0.1) is 55.2 Å². The molecule has 9 aromatic carbocycles. The predicted molar refractivity (Wildman–Crippen MR) is 244 cm³/mol. The van der Waals surface area contributed by atoms with Crippen molar-refractivity contribution >= 4 is 120 Å². The van der Waals surface area contributed by atoms with Gasteiger partial charge in [-0.1, -0.05) is 109 Å². The number of benzene rings is 9. The van der Waals surface area contributed by atoms with Crippen molar-refractivity contribution in [1.82, 2.24) is 17.9 Å². The first-order valence-electron chi connectivity index (χ1n) is 20.1. The van der Waals surface area contributed by atoms with Gasteiger partial charge in [0, 0.05) is 76.0 Å². The Morgan fingerprint density at radius 1 is 0.224 bits per heavy atom. The number of hydrogen-bond acceptors (Lipinski definition) is 0. The van der Waals surface area contributed by atoms with Crippen LogP contribution in [0.1, 0.15) is 0 Å². The van der Waals surface area contributed by atoms with Crippen LogP contribution in [-0.4, -0.2) is 17.9 Å². The molecular weight excluding hydrogens is 705 g/mol. The van der Waals surface area contributed by atoms with Gasteiger partial charge in [-0.15, -0.1) is 0 Å². The fourth-order valence-electron chi connectivity index (χ4n) is 11.2. The van der Waals surface area contributed by atoms with Gasteiger partial charge in [-0.2, -0.15) is 0 Å². The Hall–Kier alpha value is -7.82.